The first-order chi connectivity index (χ1) is 11.8. The van der Waals surface area contributed by atoms with Gasteiger partial charge in [-0.2, -0.15) is 0 Å². The summed E-state index contributed by atoms with van der Waals surface area (Å²) in [4.78, 5) is 16.8. The zero-order valence-corrected chi connectivity index (χ0v) is 14.4. The van der Waals surface area contributed by atoms with Crippen molar-refractivity contribution in [1.82, 2.24) is 4.98 Å². The van der Waals surface area contributed by atoms with Gasteiger partial charge in [0.1, 0.15) is 6.04 Å². The average Bonchev–Trinajstić information content (AvgIpc) is 3.02. The van der Waals surface area contributed by atoms with E-state index < -0.39 is 6.04 Å². The number of anilines is 1. The topological polar surface area (TPSA) is 51.2 Å². The lowest BCUT2D eigenvalue weighted by Gasteiger charge is -2.16. The van der Waals surface area contributed by atoms with Gasteiger partial charge in [-0.05, 0) is 37.5 Å². The molecular weight excluding hydrogens is 320 g/mol. The maximum Gasteiger partial charge on any atom is 0.328 e. The van der Waals surface area contributed by atoms with E-state index in [0.717, 1.165) is 21.8 Å². The minimum absolute atomic E-state index is 0.229. The third-order valence-electron chi connectivity index (χ3n) is 3.73. The Labute approximate surface area is 145 Å². The van der Waals surface area contributed by atoms with Crippen LogP contribution in [0, 0.1) is 0 Å². The lowest BCUT2D eigenvalue weighted by molar-refractivity contribution is -0.144. The van der Waals surface area contributed by atoms with Gasteiger partial charge < -0.3 is 10.1 Å². The van der Waals surface area contributed by atoms with Crippen LogP contribution in [0.4, 0.5) is 5.13 Å². The molecule has 124 valence electrons. The molecule has 1 aromatic heterocycles. The van der Waals surface area contributed by atoms with Gasteiger partial charge in [0.2, 0.25) is 0 Å². The molecule has 0 fully saturated rings. The zero-order chi connectivity index (χ0) is 16.8. The maximum absolute atomic E-state index is 12.3. The maximum atomic E-state index is 12.3. The summed E-state index contributed by atoms with van der Waals surface area (Å²) < 4.78 is 6.32. The van der Waals surface area contributed by atoms with Crippen LogP contribution >= 0.6 is 11.3 Å². The number of benzene rings is 2. The van der Waals surface area contributed by atoms with Gasteiger partial charge in [-0.15, -0.1) is 0 Å². The van der Waals surface area contributed by atoms with Gasteiger partial charge in [0.15, 0.2) is 5.13 Å². The van der Waals surface area contributed by atoms with Crippen molar-refractivity contribution in [2.75, 3.05) is 11.9 Å². The molecule has 3 rings (SSSR count). The summed E-state index contributed by atoms with van der Waals surface area (Å²) in [5.74, 6) is -0.229. The summed E-state index contributed by atoms with van der Waals surface area (Å²) >= 11 is 1.55. The van der Waals surface area contributed by atoms with Crippen molar-refractivity contribution in [3.8, 4) is 0 Å². The number of para-hydroxylation sites is 1. The van der Waals surface area contributed by atoms with E-state index in [1.54, 1.807) is 11.3 Å². The number of fused-ring (bicyclic) bond motifs is 1. The van der Waals surface area contributed by atoms with Crippen LogP contribution in [0.15, 0.2) is 54.6 Å². The van der Waals surface area contributed by atoms with E-state index in [9.17, 15) is 4.79 Å². The number of esters is 1. The van der Waals surface area contributed by atoms with Crippen molar-refractivity contribution >= 4 is 32.7 Å². The molecule has 0 unspecified atom stereocenters. The number of rotatable bonds is 7. The summed E-state index contributed by atoms with van der Waals surface area (Å²) in [7, 11) is 0. The number of nitrogens with one attached hydrogen (secondary N) is 1. The molecule has 0 saturated heterocycles. The van der Waals surface area contributed by atoms with E-state index in [0.29, 0.717) is 13.0 Å². The normalized spacial score (nSPS) is 12.0. The molecule has 0 saturated carbocycles. The third-order valence-corrected chi connectivity index (χ3v) is 4.69. The Morgan fingerprint density at radius 2 is 1.92 bits per heavy atom. The zero-order valence-electron chi connectivity index (χ0n) is 13.6. The van der Waals surface area contributed by atoms with E-state index in [2.05, 4.69) is 22.4 Å². The number of aromatic nitrogens is 1. The minimum atomic E-state index is -0.397. The molecule has 0 spiro atoms. The second-order valence-electron chi connectivity index (χ2n) is 5.46. The summed E-state index contributed by atoms with van der Waals surface area (Å²) in [6.45, 7) is 2.20. The molecule has 0 aliphatic rings. The van der Waals surface area contributed by atoms with Gasteiger partial charge in [0.25, 0.3) is 0 Å². The molecule has 1 atom stereocenters. The molecule has 5 heteroatoms. The lowest BCUT2D eigenvalue weighted by atomic mass is 10.1. The standard InChI is InChI=1S/C19H20N2O2S/c1-2-23-18(22)16(13-12-14-8-4-3-5-9-14)21-19-20-15-10-6-7-11-17(15)24-19/h3-11,16H,2,12-13H2,1H3,(H,20,21)/t16-/m0/s1. The van der Waals surface area contributed by atoms with Crippen molar-refractivity contribution in [2.45, 2.75) is 25.8 Å². The van der Waals surface area contributed by atoms with Crippen LogP contribution in [0.3, 0.4) is 0 Å². The van der Waals surface area contributed by atoms with Gasteiger partial charge in [0, 0.05) is 0 Å². The first kappa shape index (κ1) is 16.5. The molecule has 0 radical (unpaired) electrons. The molecule has 4 nitrogen and oxygen atoms in total. The van der Waals surface area contributed by atoms with Crippen LogP contribution in [0.2, 0.25) is 0 Å². The van der Waals surface area contributed by atoms with Crippen molar-refractivity contribution in [3.63, 3.8) is 0 Å². The molecule has 1 N–H and O–H groups in total. The smallest absolute Gasteiger partial charge is 0.328 e. The largest absolute Gasteiger partial charge is 0.464 e. The number of thiazole rings is 1. The monoisotopic (exact) mass is 340 g/mol. The fraction of sp³-hybridized carbons (Fsp3) is 0.263. The van der Waals surface area contributed by atoms with Crippen molar-refractivity contribution < 1.29 is 9.53 Å². The molecule has 3 aromatic rings. The first-order valence-corrected chi connectivity index (χ1v) is 8.90. The SMILES string of the molecule is CCOC(=O)[C@H](CCc1ccccc1)Nc1nc2ccccc2s1. The summed E-state index contributed by atoms with van der Waals surface area (Å²) in [6, 6.07) is 17.7. The molecule has 24 heavy (non-hydrogen) atoms. The number of ether oxygens (including phenoxy) is 1. The molecular formula is C19H20N2O2S. The third kappa shape index (κ3) is 4.11. The van der Waals surface area contributed by atoms with E-state index >= 15 is 0 Å². The van der Waals surface area contributed by atoms with Crippen LogP contribution in [0.25, 0.3) is 10.2 Å². The second-order valence-corrected chi connectivity index (χ2v) is 6.49. The quantitative estimate of drug-likeness (QED) is 0.653. The highest BCUT2D eigenvalue weighted by Gasteiger charge is 2.21. The number of aryl methyl sites for hydroxylation is 1. The van der Waals surface area contributed by atoms with Crippen LogP contribution < -0.4 is 5.32 Å². The molecule has 0 bridgehead atoms. The number of hydrogen-bond donors (Lipinski definition) is 1. The molecule has 0 aliphatic carbocycles. The summed E-state index contributed by atoms with van der Waals surface area (Å²) in [5, 5.41) is 4.01. The Hall–Kier alpha value is -2.40. The summed E-state index contributed by atoms with van der Waals surface area (Å²) in [6.07, 6.45) is 1.47. The minimum Gasteiger partial charge on any atom is -0.464 e. The fourth-order valence-electron chi connectivity index (χ4n) is 2.53. The fourth-order valence-corrected chi connectivity index (χ4v) is 3.45. The van der Waals surface area contributed by atoms with E-state index in [1.807, 2.05) is 49.4 Å². The lowest BCUT2D eigenvalue weighted by Crippen LogP contribution is -2.32. The van der Waals surface area contributed by atoms with E-state index in [4.69, 9.17) is 4.74 Å². The molecule has 1 heterocycles. The van der Waals surface area contributed by atoms with Crippen LogP contribution in [0.1, 0.15) is 18.9 Å². The van der Waals surface area contributed by atoms with Crippen molar-refractivity contribution in [1.29, 1.82) is 0 Å². The highest BCUT2D eigenvalue weighted by molar-refractivity contribution is 7.22. The highest BCUT2D eigenvalue weighted by Crippen LogP contribution is 2.26. The Balaban J connectivity index is 1.72. The number of carbonyl (C=O) groups excluding carboxylic acids is 1. The predicted molar refractivity (Wildman–Crippen MR) is 98.4 cm³/mol. The molecule has 0 aliphatic heterocycles. The second kappa shape index (κ2) is 7.93. The highest BCUT2D eigenvalue weighted by atomic mass is 32.1. The average molecular weight is 340 g/mol. The van der Waals surface area contributed by atoms with Gasteiger partial charge in [-0.25, -0.2) is 9.78 Å². The van der Waals surface area contributed by atoms with Crippen molar-refractivity contribution in [3.05, 3.63) is 60.2 Å². The Morgan fingerprint density at radius 3 is 2.67 bits per heavy atom. The van der Waals surface area contributed by atoms with Crippen molar-refractivity contribution in [2.24, 2.45) is 0 Å². The Morgan fingerprint density at radius 1 is 1.17 bits per heavy atom. The Kier molecular flexibility index (Phi) is 5.43. The molecule has 2 aromatic carbocycles. The van der Waals surface area contributed by atoms with Gasteiger partial charge >= 0.3 is 5.97 Å². The van der Waals surface area contributed by atoms with Gasteiger partial charge in [-0.3, -0.25) is 0 Å². The number of carbonyl (C=O) groups is 1. The number of hydrogen-bond acceptors (Lipinski definition) is 5. The summed E-state index contributed by atoms with van der Waals surface area (Å²) in [5.41, 5.74) is 2.15. The number of nitrogens with zero attached hydrogens (tertiary/aromatic N) is 1. The van der Waals surface area contributed by atoms with E-state index in [1.165, 1.54) is 5.56 Å². The van der Waals surface area contributed by atoms with Crippen LogP contribution in [-0.2, 0) is 16.0 Å². The van der Waals surface area contributed by atoms with E-state index in [-0.39, 0.29) is 5.97 Å². The van der Waals surface area contributed by atoms with Gasteiger partial charge in [0.05, 0.1) is 16.8 Å². The van der Waals surface area contributed by atoms with Gasteiger partial charge in [-0.1, -0.05) is 53.8 Å². The van der Waals surface area contributed by atoms with Crippen LogP contribution in [0.5, 0.6) is 0 Å². The first-order valence-electron chi connectivity index (χ1n) is 8.09. The Bertz CT molecular complexity index is 768. The van der Waals surface area contributed by atoms with Crippen LogP contribution in [-0.4, -0.2) is 23.6 Å². The predicted octanol–water partition coefficient (Wildman–Crippen LogP) is 4.27. The molecule has 0 amide bonds.